The number of nitrogens with one attached hydrogen (secondary N) is 1. The van der Waals surface area contributed by atoms with Gasteiger partial charge in [0.05, 0.1) is 22.3 Å². The van der Waals surface area contributed by atoms with Gasteiger partial charge in [0.2, 0.25) is 0 Å². The number of rotatable bonds is 6. The van der Waals surface area contributed by atoms with Crippen LogP contribution in [0.2, 0.25) is 10.0 Å². The maximum absolute atomic E-state index is 12.3. The van der Waals surface area contributed by atoms with Crippen LogP contribution >= 0.6 is 23.2 Å². The van der Waals surface area contributed by atoms with Crippen LogP contribution in [-0.4, -0.2) is 29.0 Å². The molecule has 0 fully saturated rings. The number of carbonyl (C=O) groups excluding carboxylic acids is 1. The lowest BCUT2D eigenvalue weighted by atomic mass is 10.1. The highest BCUT2D eigenvalue weighted by molar-refractivity contribution is 6.42. The Morgan fingerprint density at radius 2 is 1.97 bits per heavy atom. The summed E-state index contributed by atoms with van der Waals surface area (Å²) in [6.45, 7) is 0.159. The number of anilines is 1. The molecule has 1 amide bonds. The van der Waals surface area contributed by atoms with Crippen molar-refractivity contribution < 1.29 is 9.63 Å². The first-order valence-electron chi connectivity index (χ1n) is 8.47. The zero-order chi connectivity index (χ0) is 20.8. The summed E-state index contributed by atoms with van der Waals surface area (Å²) in [6, 6.07) is 15.3. The first-order valence-corrected chi connectivity index (χ1v) is 9.22. The van der Waals surface area contributed by atoms with Gasteiger partial charge in [0.1, 0.15) is 13.3 Å². The molecule has 3 aromatic rings. The van der Waals surface area contributed by atoms with E-state index in [1.54, 1.807) is 42.5 Å². The second-order valence-electron chi connectivity index (χ2n) is 5.91. The second-order valence-corrected chi connectivity index (χ2v) is 6.72. The van der Waals surface area contributed by atoms with E-state index < -0.39 is 5.91 Å². The third-order valence-corrected chi connectivity index (χ3v) is 4.69. The van der Waals surface area contributed by atoms with E-state index in [2.05, 4.69) is 20.4 Å². The fraction of sp³-hybridized carbons (Fsp3) is 0.100. The fourth-order valence-corrected chi connectivity index (χ4v) is 2.88. The van der Waals surface area contributed by atoms with Crippen LogP contribution in [0.1, 0.15) is 5.56 Å². The Hall–Kier alpha value is -3.16. The number of oxime groups is 1. The third-order valence-electron chi connectivity index (χ3n) is 3.95. The van der Waals surface area contributed by atoms with E-state index in [1.165, 1.54) is 17.9 Å². The molecule has 29 heavy (non-hydrogen) atoms. The van der Waals surface area contributed by atoms with Crippen LogP contribution < -0.4 is 10.9 Å². The summed E-state index contributed by atoms with van der Waals surface area (Å²) >= 11 is 12.0. The molecule has 0 aliphatic rings. The standard InChI is InChI=1S/C20H16Cl2N4O3/c1-29-23-11-19(27)24-17-5-3-2-4-14(17)12-26-20(28)9-8-18(25-26)13-6-7-15(21)16(22)10-13/h2-11H,12H2,1H3,(H,24,27). The average molecular weight is 431 g/mol. The molecule has 0 unspecified atom stereocenters. The molecule has 1 aromatic heterocycles. The summed E-state index contributed by atoms with van der Waals surface area (Å²) in [5, 5.41) is 11.4. The van der Waals surface area contributed by atoms with Gasteiger partial charge < -0.3 is 10.2 Å². The number of aromatic nitrogens is 2. The molecule has 1 N–H and O–H groups in total. The lowest BCUT2D eigenvalue weighted by molar-refractivity contribution is -0.110. The van der Waals surface area contributed by atoms with Crippen LogP contribution in [0.3, 0.4) is 0 Å². The maximum Gasteiger partial charge on any atom is 0.270 e. The quantitative estimate of drug-likeness (QED) is 0.475. The summed E-state index contributed by atoms with van der Waals surface area (Å²) < 4.78 is 1.31. The van der Waals surface area contributed by atoms with Crippen molar-refractivity contribution in [2.45, 2.75) is 6.54 Å². The van der Waals surface area contributed by atoms with E-state index in [1.807, 2.05) is 6.07 Å². The number of amides is 1. The molecular weight excluding hydrogens is 415 g/mol. The van der Waals surface area contributed by atoms with Crippen molar-refractivity contribution in [3.63, 3.8) is 0 Å². The van der Waals surface area contributed by atoms with Crippen molar-refractivity contribution in [2.24, 2.45) is 5.16 Å². The van der Waals surface area contributed by atoms with Gasteiger partial charge in [-0.05, 0) is 29.8 Å². The highest BCUT2D eigenvalue weighted by Crippen LogP contribution is 2.27. The molecule has 9 heteroatoms. The lowest BCUT2D eigenvalue weighted by Crippen LogP contribution is -2.24. The van der Waals surface area contributed by atoms with Crippen molar-refractivity contribution in [1.29, 1.82) is 0 Å². The van der Waals surface area contributed by atoms with E-state index in [4.69, 9.17) is 23.2 Å². The van der Waals surface area contributed by atoms with Crippen LogP contribution in [0.25, 0.3) is 11.3 Å². The molecule has 0 bridgehead atoms. The highest BCUT2D eigenvalue weighted by atomic mass is 35.5. The fourth-order valence-electron chi connectivity index (χ4n) is 2.58. The van der Waals surface area contributed by atoms with E-state index >= 15 is 0 Å². The van der Waals surface area contributed by atoms with E-state index in [-0.39, 0.29) is 12.1 Å². The smallest absolute Gasteiger partial charge is 0.270 e. The largest absolute Gasteiger partial charge is 0.399 e. The molecule has 1 heterocycles. The summed E-state index contributed by atoms with van der Waals surface area (Å²) in [5.74, 6) is -0.454. The second kappa shape index (κ2) is 9.36. The molecule has 3 rings (SSSR count). The zero-order valence-electron chi connectivity index (χ0n) is 15.3. The molecule has 0 radical (unpaired) electrons. The van der Waals surface area contributed by atoms with Gasteiger partial charge in [-0.2, -0.15) is 5.10 Å². The van der Waals surface area contributed by atoms with E-state index in [0.717, 1.165) is 11.8 Å². The van der Waals surface area contributed by atoms with Crippen molar-refractivity contribution in [3.05, 3.63) is 80.6 Å². The summed E-state index contributed by atoms with van der Waals surface area (Å²) in [5.41, 5.74) is 2.25. The number of carbonyl (C=O) groups is 1. The monoisotopic (exact) mass is 430 g/mol. The Morgan fingerprint density at radius 3 is 2.72 bits per heavy atom. The molecule has 148 valence electrons. The summed E-state index contributed by atoms with van der Waals surface area (Å²) in [4.78, 5) is 28.7. The number of hydrogen-bond donors (Lipinski definition) is 1. The van der Waals surface area contributed by atoms with Crippen LogP contribution in [0, 0.1) is 0 Å². The van der Waals surface area contributed by atoms with Gasteiger partial charge in [0.15, 0.2) is 0 Å². The Labute approximate surface area is 176 Å². The molecule has 2 aromatic carbocycles. The van der Waals surface area contributed by atoms with Crippen LogP contribution in [0.5, 0.6) is 0 Å². The van der Waals surface area contributed by atoms with Crippen LogP contribution in [-0.2, 0) is 16.2 Å². The van der Waals surface area contributed by atoms with E-state index in [0.29, 0.717) is 27.0 Å². The minimum Gasteiger partial charge on any atom is -0.399 e. The molecular formula is C20H16Cl2N4O3. The van der Waals surface area contributed by atoms with Crippen LogP contribution in [0.4, 0.5) is 5.69 Å². The van der Waals surface area contributed by atoms with Gasteiger partial charge in [0, 0.05) is 17.3 Å². The normalized spacial score (nSPS) is 10.9. The topological polar surface area (TPSA) is 85.6 Å². The predicted molar refractivity (Wildman–Crippen MR) is 114 cm³/mol. The molecule has 0 saturated carbocycles. The predicted octanol–water partition coefficient (Wildman–Crippen LogP) is 3.84. The Kier molecular flexibility index (Phi) is 6.64. The van der Waals surface area contributed by atoms with Crippen molar-refractivity contribution in [2.75, 3.05) is 12.4 Å². The Morgan fingerprint density at radius 1 is 1.17 bits per heavy atom. The van der Waals surface area contributed by atoms with Gasteiger partial charge in [-0.3, -0.25) is 9.59 Å². The molecule has 0 atom stereocenters. The highest BCUT2D eigenvalue weighted by Gasteiger charge is 2.10. The minimum absolute atomic E-state index is 0.159. The average Bonchev–Trinajstić information content (AvgIpc) is 2.71. The first-order chi connectivity index (χ1) is 14.0. The van der Waals surface area contributed by atoms with Crippen molar-refractivity contribution in [3.8, 4) is 11.3 Å². The van der Waals surface area contributed by atoms with E-state index in [9.17, 15) is 9.59 Å². The summed E-state index contributed by atoms with van der Waals surface area (Å²) in [6.07, 6.45) is 1.02. The number of halogens is 2. The van der Waals surface area contributed by atoms with Crippen molar-refractivity contribution >= 4 is 41.0 Å². The molecule has 0 aliphatic heterocycles. The molecule has 0 aliphatic carbocycles. The lowest BCUT2D eigenvalue weighted by Gasteiger charge is -2.12. The third kappa shape index (κ3) is 5.22. The van der Waals surface area contributed by atoms with Gasteiger partial charge in [0.25, 0.3) is 11.5 Å². The Balaban J connectivity index is 1.91. The maximum atomic E-state index is 12.3. The number of para-hydroxylation sites is 1. The molecule has 7 nitrogen and oxygen atoms in total. The van der Waals surface area contributed by atoms with Gasteiger partial charge >= 0.3 is 0 Å². The zero-order valence-corrected chi connectivity index (χ0v) is 16.8. The van der Waals surface area contributed by atoms with Gasteiger partial charge in [-0.25, -0.2) is 4.68 Å². The van der Waals surface area contributed by atoms with Gasteiger partial charge in [-0.1, -0.05) is 52.6 Å². The Bertz CT molecular complexity index is 1130. The number of nitrogens with zero attached hydrogens (tertiary/aromatic N) is 3. The number of hydrogen-bond acceptors (Lipinski definition) is 5. The van der Waals surface area contributed by atoms with Crippen molar-refractivity contribution in [1.82, 2.24) is 9.78 Å². The first kappa shape index (κ1) is 20.6. The van der Waals surface area contributed by atoms with Crippen LogP contribution in [0.15, 0.2) is 64.5 Å². The summed E-state index contributed by atoms with van der Waals surface area (Å²) in [7, 11) is 1.34. The number of benzene rings is 2. The van der Waals surface area contributed by atoms with Gasteiger partial charge in [-0.15, -0.1) is 0 Å². The molecule has 0 spiro atoms. The molecule has 0 saturated heterocycles. The SMILES string of the molecule is CON=CC(=O)Nc1ccccc1Cn1nc(-c2ccc(Cl)c(Cl)c2)ccc1=O. The minimum atomic E-state index is -0.454.